The normalized spacial score (nSPS) is 15.3. The van der Waals surface area contributed by atoms with Gasteiger partial charge in [0.05, 0.1) is 6.61 Å². The second-order valence-corrected chi connectivity index (χ2v) is 2.55. The largest absolute Gasteiger partial charge is 0.394 e. The standard InChI is InChI=1S/C7H16N2O3/c1-5(4-10)9-7(11)6(3-8)12-2/h5-6,10H,3-4,8H2,1-2H3,(H,9,11)/t5-,6?/m0/s1. The second-order valence-electron chi connectivity index (χ2n) is 2.55. The van der Waals surface area contributed by atoms with Crippen LogP contribution in [-0.2, 0) is 9.53 Å². The summed E-state index contributed by atoms with van der Waals surface area (Å²) in [5, 5.41) is 11.2. The van der Waals surface area contributed by atoms with Gasteiger partial charge in [-0.2, -0.15) is 0 Å². The molecule has 0 aromatic rings. The van der Waals surface area contributed by atoms with Crippen LogP contribution in [-0.4, -0.2) is 43.4 Å². The van der Waals surface area contributed by atoms with Crippen LogP contribution in [0.15, 0.2) is 0 Å². The highest BCUT2D eigenvalue weighted by molar-refractivity contribution is 5.81. The van der Waals surface area contributed by atoms with Crippen LogP contribution in [0, 0.1) is 0 Å². The molecule has 0 saturated heterocycles. The molecule has 0 aliphatic heterocycles. The lowest BCUT2D eigenvalue weighted by atomic mass is 10.3. The Balaban J connectivity index is 3.84. The number of nitrogens with two attached hydrogens (primary N) is 1. The molecule has 5 nitrogen and oxygen atoms in total. The molecule has 0 aromatic heterocycles. The van der Waals surface area contributed by atoms with Gasteiger partial charge in [0.25, 0.3) is 5.91 Å². The Labute approximate surface area is 71.9 Å². The topological polar surface area (TPSA) is 84.6 Å². The average Bonchev–Trinajstić information content (AvgIpc) is 2.06. The van der Waals surface area contributed by atoms with E-state index < -0.39 is 6.10 Å². The number of amides is 1. The number of ether oxygens (including phenoxy) is 1. The number of carbonyl (C=O) groups is 1. The van der Waals surface area contributed by atoms with Gasteiger partial charge in [-0.15, -0.1) is 0 Å². The quantitative estimate of drug-likeness (QED) is 0.474. The lowest BCUT2D eigenvalue weighted by molar-refractivity contribution is -0.131. The van der Waals surface area contributed by atoms with E-state index in [4.69, 9.17) is 15.6 Å². The van der Waals surface area contributed by atoms with E-state index in [1.54, 1.807) is 6.92 Å². The van der Waals surface area contributed by atoms with Crippen molar-refractivity contribution in [3.05, 3.63) is 0 Å². The van der Waals surface area contributed by atoms with Gasteiger partial charge in [-0.1, -0.05) is 0 Å². The molecule has 0 radical (unpaired) electrons. The highest BCUT2D eigenvalue weighted by atomic mass is 16.5. The first kappa shape index (κ1) is 11.4. The van der Waals surface area contributed by atoms with Gasteiger partial charge < -0.3 is 20.9 Å². The third kappa shape index (κ3) is 3.66. The summed E-state index contributed by atoms with van der Waals surface area (Å²) in [5.74, 6) is -0.290. The van der Waals surface area contributed by atoms with E-state index in [0.717, 1.165) is 0 Å². The number of carbonyl (C=O) groups excluding carboxylic acids is 1. The summed E-state index contributed by atoms with van der Waals surface area (Å²) in [7, 11) is 1.42. The van der Waals surface area contributed by atoms with Crippen molar-refractivity contribution in [1.29, 1.82) is 0 Å². The highest BCUT2D eigenvalue weighted by Gasteiger charge is 2.16. The summed E-state index contributed by atoms with van der Waals surface area (Å²) in [6.07, 6.45) is -0.626. The SMILES string of the molecule is COC(CN)C(=O)N[C@@H](C)CO. The predicted molar refractivity (Wildman–Crippen MR) is 44.5 cm³/mol. The molecule has 0 bridgehead atoms. The van der Waals surface area contributed by atoms with Crippen molar-refractivity contribution >= 4 is 5.91 Å². The molecule has 0 heterocycles. The molecule has 0 spiro atoms. The maximum atomic E-state index is 11.1. The zero-order valence-corrected chi connectivity index (χ0v) is 7.41. The van der Waals surface area contributed by atoms with Gasteiger partial charge in [-0.25, -0.2) is 0 Å². The fraction of sp³-hybridized carbons (Fsp3) is 0.857. The maximum Gasteiger partial charge on any atom is 0.250 e. The average molecular weight is 176 g/mol. The summed E-state index contributed by atoms with van der Waals surface area (Å²) in [6.45, 7) is 1.74. The molecule has 2 atom stereocenters. The zero-order chi connectivity index (χ0) is 9.56. The van der Waals surface area contributed by atoms with Crippen molar-refractivity contribution in [3.8, 4) is 0 Å². The molecule has 12 heavy (non-hydrogen) atoms. The van der Waals surface area contributed by atoms with Gasteiger partial charge in [0.15, 0.2) is 0 Å². The van der Waals surface area contributed by atoms with Gasteiger partial charge in [-0.05, 0) is 6.92 Å². The summed E-state index contributed by atoms with van der Waals surface area (Å²) >= 11 is 0. The van der Waals surface area contributed by atoms with Gasteiger partial charge in [0.1, 0.15) is 6.10 Å². The molecular formula is C7H16N2O3. The number of hydrogen-bond acceptors (Lipinski definition) is 4. The van der Waals surface area contributed by atoms with E-state index >= 15 is 0 Å². The molecule has 0 aromatic carbocycles. The van der Waals surface area contributed by atoms with Gasteiger partial charge in [0, 0.05) is 19.7 Å². The van der Waals surface area contributed by atoms with E-state index in [2.05, 4.69) is 5.32 Å². The zero-order valence-electron chi connectivity index (χ0n) is 7.41. The minimum absolute atomic E-state index is 0.0905. The monoisotopic (exact) mass is 176 g/mol. The molecule has 0 aliphatic carbocycles. The van der Waals surface area contributed by atoms with Crippen LogP contribution < -0.4 is 11.1 Å². The maximum absolute atomic E-state index is 11.1. The van der Waals surface area contributed by atoms with Crippen LogP contribution >= 0.6 is 0 Å². The fourth-order valence-corrected chi connectivity index (χ4v) is 0.692. The van der Waals surface area contributed by atoms with Gasteiger partial charge >= 0.3 is 0 Å². The highest BCUT2D eigenvalue weighted by Crippen LogP contribution is 1.88. The number of aliphatic hydroxyl groups excluding tert-OH is 1. The van der Waals surface area contributed by atoms with E-state index in [9.17, 15) is 4.79 Å². The molecule has 0 fully saturated rings. The van der Waals surface area contributed by atoms with Crippen molar-refractivity contribution in [3.63, 3.8) is 0 Å². The number of methoxy groups -OCH3 is 1. The van der Waals surface area contributed by atoms with Crippen LogP contribution in [0.5, 0.6) is 0 Å². The summed E-state index contributed by atoms with van der Waals surface area (Å²) < 4.78 is 4.79. The first-order chi connectivity index (χ1) is 5.65. The van der Waals surface area contributed by atoms with Crippen molar-refractivity contribution < 1.29 is 14.6 Å². The van der Waals surface area contributed by atoms with Crippen molar-refractivity contribution in [1.82, 2.24) is 5.32 Å². The smallest absolute Gasteiger partial charge is 0.250 e. The predicted octanol–water partition coefficient (Wildman–Crippen LogP) is -1.54. The lowest BCUT2D eigenvalue weighted by Gasteiger charge is -2.16. The fourth-order valence-electron chi connectivity index (χ4n) is 0.692. The van der Waals surface area contributed by atoms with E-state index in [0.29, 0.717) is 0 Å². The molecule has 72 valence electrons. The molecule has 0 rings (SSSR count). The number of aliphatic hydroxyl groups is 1. The van der Waals surface area contributed by atoms with Crippen LogP contribution in [0.3, 0.4) is 0 Å². The minimum Gasteiger partial charge on any atom is -0.394 e. The number of nitrogens with one attached hydrogen (secondary N) is 1. The third-order valence-corrected chi connectivity index (χ3v) is 1.45. The molecule has 4 N–H and O–H groups in total. The molecule has 1 unspecified atom stereocenters. The Morgan fingerprint density at radius 3 is 2.67 bits per heavy atom. The van der Waals surface area contributed by atoms with E-state index in [1.807, 2.05) is 0 Å². The van der Waals surface area contributed by atoms with Crippen molar-refractivity contribution in [2.75, 3.05) is 20.3 Å². The Hall–Kier alpha value is -0.650. The summed E-state index contributed by atoms with van der Waals surface area (Å²) in [6, 6.07) is -0.262. The number of hydrogen-bond donors (Lipinski definition) is 3. The Morgan fingerprint density at radius 2 is 2.33 bits per heavy atom. The minimum atomic E-state index is -0.626. The number of rotatable bonds is 5. The van der Waals surface area contributed by atoms with Gasteiger partial charge in [0.2, 0.25) is 0 Å². The lowest BCUT2D eigenvalue weighted by Crippen LogP contribution is -2.45. The second kappa shape index (κ2) is 5.93. The summed E-state index contributed by atoms with van der Waals surface area (Å²) in [5.41, 5.74) is 5.25. The van der Waals surface area contributed by atoms with E-state index in [-0.39, 0.29) is 25.1 Å². The van der Waals surface area contributed by atoms with Crippen molar-refractivity contribution in [2.24, 2.45) is 5.73 Å². The first-order valence-corrected chi connectivity index (χ1v) is 3.79. The van der Waals surface area contributed by atoms with Crippen LogP contribution in [0.25, 0.3) is 0 Å². The molecule has 5 heteroatoms. The Bertz CT molecular complexity index is 137. The van der Waals surface area contributed by atoms with E-state index in [1.165, 1.54) is 7.11 Å². The van der Waals surface area contributed by atoms with Crippen molar-refractivity contribution in [2.45, 2.75) is 19.1 Å². The first-order valence-electron chi connectivity index (χ1n) is 3.79. The molecule has 0 aliphatic rings. The molecular weight excluding hydrogens is 160 g/mol. The van der Waals surface area contributed by atoms with Gasteiger partial charge in [-0.3, -0.25) is 4.79 Å². The molecule has 1 amide bonds. The molecule has 0 saturated carbocycles. The van der Waals surface area contributed by atoms with Crippen LogP contribution in [0.2, 0.25) is 0 Å². The summed E-state index contributed by atoms with van der Waals surface area (Å²) in [4.78, 5) is 11.1. The van der Waals surface area contributed by atoms with Crippen LogP contribution in [0.1, 0.15) is 6.92 Å². The Kier molecular flexibility index (Phi) is 5.61. The third-order valence-electron chi connectivity index (χ3n) is 1.45. The Morgan fingerprint density at radius 1 is 1.75 bits per heavy atom. The van der Waals surface area contributed by atoms with Crippen LogP contribution in [0.4, 0.5) is 0 Å².